The number of rotatable bonds is 4. The van der Waals surface area contributed by atoms with E-state index in [1.165, 1.54) is 4.90 Å². The number of carbonyl (C=O) groups is 2. The molecule has 1 atom stereocenters. The normalized spacial score (nSPS) is 23.5. The van der Waals surface area contributed by atoms with Gasteiger partial charge in [0.1, 0.15) is 0 Å². The summed E-state index contributed by atoms with van der Waals surface area (Å²) in [6, 6.07) is -0.241. The minimum absolute atomic E-state index is 0.0210. The molecule has 6 nitrogen and oxygen atoms in total. The van der Waals surface area contributed by atoms with Crippen LogP contribution >= 0.6 is 0 Å². The molecule has 21 heavy (non-hydrogen) atoms. The Morgan fingerprint density at radius 3 is 2.67 bits per heavy atom. The van der Waals surface area contributed by atoms with Gasteiger partial charge in [-0.3, -0.25) is 19.2 Å². The number of hydrogen-bond acceptors (Lipinski definition) is 4. The van der Waals surface area contributed by atoms with Crippen molar-refractivity contribution in [3.05, 3.63) is 17.5 Å². The molecule has 114 valence electrons. The Bertz CT molecular complexity index is 560. The molecule has 1 N–H and O–H groups in total. The van der Waals surface area contributed by atoms with Crippen molar-refractivity contribution in [3.63, 3.8) is 0 Å². The standard InChI is InChI=1S/C15H22N4O2/c1-10-11(9-18(2)17-10)8-16-13-7-14(20)19(15(13)21)12-5-3-4-6-12/h9,12-13,16H,3-8H2,1-2H3. The molecular weight excluding hydrogens is 268 g/mol. The van der Waals surface area contributed by atoms with E-state index in [4.69, 9.17) is 0 Å². The van der Waals surface area contributed by atoms with Crippen LogP contribution in [0.3, 0.4) is 0 Å². The fourth-order valence-corrected chi connectivity index (χ4v) is 3.41. The molecule has 1 unspecified atom stereocenters. The molecule has 2 fully saturated rings. The molecule has 2 aliphatic rings. The summed E-state index contributed by atoms with van der Waals surface area (Å²) in [7, 11) is 1.88. The van der Waals surface area contributed by atoms with Gasteiger partial charge in [-0.2, -0.15) is 5.10 Å². The lowest BCUT2D eigenvalue weighted by atomic mass is 10.2. The van der Waals surface area contributed by atoms with Crippen molar-refractivity contribution in [1.82, 2.24) is 20.0 Å². The average molecular weight is 290 g/mol. The maximum atomic E-state index is 12.4. The van der Waals surface area contributed by atoms with Gasteiger partial charge in [0, 0.05) is 31.4 Å². The van der Waals surface area contributed by atoms with Crippen LogP contribution in [0.2, 0.25) is 0 Å². The number of carbonyl (C=O) groups excluding carboxylic acids is 2. The Balaban J connectivity index is 1.63. The van der Waals surface area contributed by atoms with Crippen LogP contribution in [0.5, 0.6) is 0 Å². The SMILES string of the molecule is Cc1nn(C)cc1CNC1CC(=O)N(C2CCCC2)C1=O. The van der Waals surface area contributed by atoms with Crippen LogP contribution in [0, 0.1) is 6.92 Å². The smallest absolute Gasteiger partial charge is 0.247 e. The zero-order chi connectivity index (χ0) is 15.0. The topological polar surface area (TPSA) is 67.2 Å². The number of aromatic nitrogens is 2. The van der Waals surface area contributed by atoms with Gasteiger partial charge in [0.15, 0.2) is 0 Å². The lowest BCUT2D eigenvalue weighted by molar-refractivity contribution is -0.141. The van der Waals surface area contributed by atoms with Gasteiger partial charge < -0.3 is 5.32 Å². The minimum atomic E-state index is -0.377. The van der Waals surface area contributed by atoms with Gasteiger partial charge in [0.2, 0.25) is 11.8 Å². The van der Waals surface area contributed by atoms with Crippen molar-refractivity contribution in [2.24, 2.45) is 7.05 Å². The first kappa shape index (κ1) is 14.3. The second-order valence-corrected chi connectivity index (χ2v) is 6.09. The summed E-state index contributed by atoms with van der Waals surface area (Å²) in [4.78, 5) is 26.1. The molecule has 0 spiro atoms. The highest BCUT2D eigenvalue weighted by atomic mass is 16.2. The molecule has 0 bridgehead atoms. The molecule has 1 aliphatic heterocycles. The zero-order valence-corrected chi connectivity index (χ0v) is 12.6. The van der Waals surface area contributed by atoms with Crippen molar-refractivity contribution in [1.29, 1.82) is 0 Å². The highest BCUT2D eigenvalue weighted by molar-refractivity contribution is 6.05. The Hall–Kier alpha value is -1.69. The average Bonchev–Trinajstić information content (AvgIpc) is 3.10. The van der Waals surface area contributed by atoms with Gasteiger partial charge in [-0.1, -0.05) is 12.8 Å². The maximum absolute atomic E-state index is 12.4. The van der Waals surface area contributed by atoms with Gasteiger partial charge in [-0.05, 0) is 19.8 Å². The monoisotopic (exact) mass is 290 g/mol. The van der Waals surface area contributed by atoms with Crippen LogP contribution in [-0.4, -0.2) is 38.6 Å². The number of likely N-dealkylation sites (tertiary alicyclic amines) is 1. The summed E-state index contributed by atoms with van der Waals surface area (Å²) in [5, 5.41) is 7.50. The van der Waals surface area contributed by atoms with Gasteiger partial charge in [0.05, 0.1) is 18.2 Å². The van der Waals surface area contributed by atoms with E-state index in [1.807, 2.05) is 20.2 Å². The second kappa shape index (κ2) is 5.60. The summed E-state index contributed by atoms with van der Waals surface area (Å²) in [5.41, 5.74) is 2.02. The molecule has 6 heteroatoms. The van der Waals surface area contributed by atoms with E-state index in [9.17, 15) is 9.59 Å². The Morgan fingerprint density at radius 1 is 1.33 bits per heavy atom. The Kier molecular flexibility index (Phi) is 3.80. The first-order valence-corrected chi connectivity index (χ1v) is 7.64. The van der Waals surface area contributed by atoms with E-state index in [0.29, 0.717) is 6.54 Å². The van der Waals surface area contributed by atoms with Crippen molar-refractivity contribution in [2.75, 3.05) is 0 Å². The predicted octanol–water partition coefficient (Wildman–Crippen LogP) is 0.888. The van der Waals surface area contributed by atoms with Crippen LogP contribution in [0.4, 0.5) is 0 Å². The molecule has 1 saturated carbocycles. The molecule has 0 aromatic carbocycles. The van der Waals surface area contributed by atoms with E-state index >= 15 is 0 Å². The first-order valence-electron chi connectivity index (χ1n) is 7.64. The quantitative estimate of drug-likeness (QED) is 0.836. The van der Waals surface area contributed by atoms with E-state index in [-0.39, 0.29) is 30.3 Å². The number of nitrogens with zero attached hydrogens (tertiary/aromatic N) is 3. The zero-order valence-electron chi connectivity index (χ0n) is 12.6. The second-order valence-electron chi connectivity index (χ2n) is 6.09. The Labute approximate surface area is 124 Å². The number of amides is 2. The van der Waals surface area contributed by atoms with Crippen molar-refractivity contribution in [3.8, 4) is 0 Å². The molecule has 1 aromatic rings. The molecule has 1 saturated heterocycles. The first-order chi connectivity index (χ1) is 10.1. The van der Waals surface area contributed by atoms with E-state index in [1.54, 1.807) is 4.68 Å². The van der Waals surface area contributed by atoms with Crippen LogP contribution in [0.15, 0.2) is 6.20 Å². The van der Waals surface area contributed by atoms with Gasteiger partial charge in [0.25, 0.3) is 0 Å². The Morgan fingerprint density at radius 2 is 2.05 bits per heavy atom. The summed E-state index contributed by atoms with van der Waals surface area (Å²) in [6.07, 6.45) is 6.40. The summed E-state index contributed by atoms with van der Waals surface area (Å²) in [6.45, 7) is 2.52. The molecule has 1 aromatic heterocycles. The molecule has 1 aliphatic carbocycles. The predicted molar refractivity (Wildman–Crippen MR) is 77.3 cm³/mol. The maximum Gasteiger partial charge on any atom is 0.247 e. The highest BCUT2D eigenvalue weighted by Crippen LogP contribution is 2.28. The van der Waals surface area contributed by atoms with Crippen LogP contribution in [-0.2, 0) is 23.2 Å². The van der Waals surface area contributed by atoms with Crippen molar-refractivity contribution in [2.45, 2.75) is 57.7 Å². The van der Waals surface area contributed by atoms with Crippen molar-refractivity contribution >= 4 is 11.8 Å². The summed E-state index contributed by atoms with van der Waals surface area (Å²) >= 11 is 0. The third kappa shape index (κ3) is 2.72. The third-order valence-corrected chi connectivity index (χ3v) is 4.53. The lowest BCUT2D eigenvalue weighted by Crippen LogP contribution is -2.42. The van der Waals surface area contributed by atoms with Crippen LogP contribution in [0.1, 0.15) is 43.4 Å². The van der Waals surface area contributed by atoms with Crippen LogP contribution < -0.4 is 5.32 Å². The fraction of sp³-hybridized carbons (Fsp3) is 0.667. The van der Waals surface area contributed by atoms with Gasteiger partial charge >= 0.3 is 0 Å². The van der Waals surface area contributed by atoms with Crippen LogP contribution in [0.25, 0.3) is 0 Å². The number of imide groups is 1. The lowest BCUT2D eigenvalue weighted by Gasteiger charge is -2.22. The number of aryl methyl sites for hydroxylation is 2. The molecule has 2 heterocycles. The summed E-state index contributed by atoms with van der Waals surface area (Å²) < 4.78 is 1.76. The van der Waals surface area contributed by atoms with E-state index < -0.39 is 0 Å². The highest BCUT2D eigenvalue weighted by Gasteiger charge is 2.42. The van der Waals surface area contributed by atoms with Gasteiger partial charge in [-0.15, -0.1) is 0 Å². The number of nitrogens with one attached hydrogen (secondary N) is 1. The van der Waals surface area contributed by atoms with Crippen molar-refractivity contribution < 1.29 is 9.59 Å². The molecule has 2 amide bonds. The van der Waals surface area contributed by atoms with Gasteiger partial charge in [-0.25, -0.2) is 0 Å². The molecule has 0 radical (unpaired) electrons. The largest absolute Gasteiger partial charge is 0.301 e. The third-order valence-electron chi connectivity index (χ3n) is 4.53. The molecule has 3 rings (SSSR count). The summed E-state index contributed by atoms with van der Waals surface area (Å²) in [5.74, 6) is -0.0687. The fourth-order valence-electron chi connectivity index (χ4n) is 3.41. The minimum Gasteiger partial charge on any atom is -0.301 e. The van der Waals surface area contributed by atoms with E-state index in [0.717, 1.165) is 36.9 Å². The molecular formula is C15H22N4O2. The van der Waals surface area contributed by atoms with E-state index in [2.05, 4.69) is 10.4 Å². The number of hydrogen-bond donors (Lipinski definition) is 1.